The Kier molecular flexibility index (Phi) is 4.20. The first-order valence-corrected chi connectivity index (χ1v) is 4.78. The molecule has 1 aromatic rings. The van der Waals surface area contributed by atoms with Gasteiger partial charge in [0.25, 0.3) is 0 Å². The molecule has 0 fully saturated rings. The van der Waals surface area contributed by atoms with Crippen molar-refractivity contribution >= 4 is 0 Å². The van der Waals surface area contributed by atoms with E-state index in [0.717, 1.165) is 11.3 Å². The molecule has 0 aliphatic carbocycles. The topological polar surface area (TPSA) is 35.2 Å². The standard InChI is InChI=1S/C12H17NO/c1-10(2)7-8-14-12-6-4-3-5-11(12)9-13/h3-7H,8-9,13H2,1-2H3. The Morgan fingerprint density at radius 1 is 1.36 bits per heavy atom. The molecule has 2 heteroatoms. The fourth-order valence-corrected chi connectivity index (χ4v) is 1.11. The Morgan fingerprint density at radius 3 is 2.71 bits per heavy atom. The Morgan fingerprint density at radius 2 is 2.07 bits per heavy atom. The predicted molar refractivity (Wildman–Crippen MR) is 59.3 cm³/mol. The Labute approximate surface area is 85.4 Å². The normalized spacial score (nSPS) is 9.64. The highest BCUT2D eigenvalue weighted by Gasteiger charge is 1.98. The Hall–Kier alpha value is -1.28. The molecule has 0 aliphatic rings. The maximum Gasteiger partial charge on any atom is 0.124 e. The van der Waals surface area contributed by atoms with Gasteiger partial charge in [0, 0.05) is 12.1 Å². The number of benzene rings is 1. The Bertz CT molecular complexity index is 314. The molecule has 0 unspecified atom stereocenters. The summed E-state index contributed by atoms with van der Waals surface area (Å²) >= 11 is 0. The van der Waals surface area contributed by atoms with Crippen molar-refractivity contribution in [3.8, 4) is 5.75 Å². The lowest BCUT2D eigenvalue weighted by atomic mass is 10.2. The lowest BCUT2D eigenvalue weighted by Gasteiger charge is -2.07. The molecule has 0 aromatic heterocycles. The van der Waals surface area contributed by atoms with Gasteiger partial charge < -0.3 is 10.5 Å². The molecular weight excluding hydrogens is 174 g/mol. The van der Waals surface area contributed by atoms with Crippen LogP contribution in [0, 0.1) is 0 Å². The molecule has 0 bridgehead atoms. The monoisotopic (exact) mass is 191 g/mol. The first-order chi connectivity index (χ1) is 6.74. The molecule has 0 atom stereocenters. The molecule has 1 aromatic carbocycles. The molecule has 2 N–H and O–H groups in total. The molecule has 14 heavy (non-hydrogen) atoms. The maximum absolute atomic E-state index is 5.59. The van der Waals surface area contributed by atoms with Crippen molar-refractivity contribution in [2.45, 2.75) is 20.4 Å². The van der Waals surface area contributed by atoms with Crippen molar-refractivity contribution in [1.82, 2.24) is 0 Å². The van der Waals surface area contributed by atoms with Gasteiger partial charge in [-0.3, -0.25) is 0 Å². The minimum Gasteiger partial charge on any atom is -0.489 e. The molecule has 0 saturated carbocycles. The van der Waals surface area contributed by atoms with E-state index in [2.05, 4.69) is 13.8 Å². The summed E-state index contributed by atoms with van der Waals surface area (Å²) in [5, 5.41) is 0. The number of ether oxygens (including phenoxy) is 1. The minimum atomic E-state index is 0.519. The summed E-state index contributed by atoms with van der Waals surface area (Å²) in [6.07, 6.45) is 2.05. The molecule has 0 radical (unpaired) electrons. The largest absolute Gasteiger partial charge is 0.489 e. The zero-order chi connectivity index (χ0) is 10.4. The van der Waals surface area contributed by atoms with E-state index in [1.807, 2.05) is 30.3 Å². The average Bonchev–Trinajstić information content (AvgIpc) is 2.18. The van der Waals surface area contributed by atoms with E-state index in [1.165, 1.54) is 5.57 Å². The highest BCUT2D eigenvalue weighted by atomic mass is 16.5. The quantitative estimate of drug-likeness (QED) is 0.742. The van der Waals surface area contributed by atoms with Crippen molar-refractivity contribution in [2.75, 3.05) is 6.61 Å². The van der Waals surface area contributed by atoms with Crippen LogP contribution in [0.3, 0.4) is 0 Å². The zero-order valence-electron chi connectivity index (χ0n) is 8.79. The summed E-state index contributed by atoms with van der Waals surface area (Å²) in [5.74, 6) is 0.882. The van der Waals surface area contributed by atoms with Crippen molar-refractivity contribution in [1.29, 1.82) is 0 Å². The zero-order valence-corrected chi connectivity index (χ0v) is 8.79. The maximum atomic E-state index is 5.59. The summed E-state index contributed by atoms with van der Waals surface area (Å²) in [6.45, 7) is 5.24. The van der Waals surface area contributed by atoms with Crippen LogP contribution in [0.2, 0.25) is 0 Å². The highest BCUT2D eigenvalue weighted by Crippen LogP contribution is 2.16. The van der Waals surface area contributed by atoms with Crippen LogP contribution < -0.4 is 10.5 Å². The summed E-state index contributed by atoms with van der Waals surface area (Å²) in [7, 11) is 0. The van der Waals surface area contributed by atoms with Crippen LogP contribution >= 0.6 is 0 Å². The van der Waals surface area contributed by atoms with Gasteiger partial charge in [-0.2, -0.15) is 0 Å². The fraction of sp³-hybridized carbons (Fsp3) is 0.333. The smallest absolute Gasteiger partial charge is 0.124 e. The van der Waals surface area contributed by atoms with Gasteiger partial charge in [0.15, 0.2) is 0 Å². The van der Waals surface area contributed by atoms with Crippen molar-refractivity contribution in [3.05, 3.63) is 41.5 Å². The first-order valence-electron chi connectivity index (χ1n) is 4.78. The lowest BCUT2D eigenvalue weighted by Crippen LogP contribution is -2.02. The van der Waals surface area contributed by atoms with E-state index in [9.17, 15) is 0 Å². The van der Waals surface area contributed by atoms with E-state index in [1.54, 1.807) is 0 Å². The third kappa shape index (κ3) is 3.23. The number of nitrogens with two attached hydrogens (primary N) is 1. The van der Waals surface area contributed by atoms with E-state index < -0.39 is 0 Å². The second-order valence-corrected chi connectivity index (χ2v) is 3.40. The van der Waals surface area contributed by atoms with Crippen LogP contribution in [0.15, 0.2) is 35.9 Å². The van der Waals surface area contributed by atoms with Gasteiger partial charge >= 0.3 is 0 Å². The minimum absolute atomic E-state index is 0.519. The highest BCUT2D eigenvalue weighted by molar-refractivity contribution is 5.33. The van der Waals surface area contributed by atoms with Crippen LogP contribution in [0.25, 0.3) is 0 Å². The molecule has 0 heterocycles. The first kappa shape index (κ1) is 10.8. The second kappa shape index (κ2) is 5.45. The second-order valence-electron chi connectivity index (χ2n) is 3.40. The number of hydrogen-bond acceptors (Lipinski definition) is 2. The van der Waals surface area contributed by atoms with Crippen molar-refractivity contribution in [3.63, 3.8) is 0 Å². The van der Waals surface area contributed by atoms with E-state index in [-0.39, 0.29) is 0 Å². The SMILES string of the molecule is CC(C)=CCOc1ccccc1CN. The van der Waals surface area contributed by atoms with Crippen molar-refractivity contribution < 1.29 is 4.74 Å². The number of hydrogen-bond donors (Lipinski definition) is 1. The van der Waals surface area contributed by atoms with Crippen molar-refractivity contribution in [2.24, 2.45) is 5.73 Å². The van der Waals surface area contributed by atoms with Crippen LogP contribution in [0.5, 0.6) is 5.75 Å². The summed E-state index contributed by atoms with van der Waals surface area (Å²) in [4.78, 5) is 0. The molecule has 0 spiro atoms. The van der Waals surface area contributed by atoms with Gasteiger partial charge in [-0.05, 0) is 26.0 Å². The Balaban J connectivity index is 2.62. The third-order valence-corrected chi connectivity index (χ3v) is 1.92. The predicted octanol–water partition coefficient (Wildman–Crippen LogP) is 2.49. The number of rotatable bonds is 4. The van der Waals surface area contributed by atoms with Gasteiger partial charge in [-0.1, -0.05) is 23.8 Å². The lowest BCUT2D eigenvalue weighted by molar-refractivity contribution is 0.358. The molecule has 2 nitrogen and oxygen atoms in total. The van der Waals surface area contributed by atoms with E-state index in [4.69, 9.17) is 10.5 Å². The molecule has 1 rings (SSSR count). The summed E-state index contributed by atoms with van der Waals surface area (Å²) in [5.41, 5.74) is 7.90. The van der Waals surface area contributed by atoms with Gasteiger partial charge in [0.1, 0.15) is 12.4 Å². The molecule has 0 amide bonds. The molecular formula is C12H17NO. The van der Waals surface area contributed by atoms with Crippen LogP contribution in [0.4, 0.5) is 0 Å². The van der Waals surface area contributed by atoms with E-state index in [0.29, 0.717) is 13.2 Å². The third-order valence-electron chi connectivity index (χ3n) is 1.92. The van der Waals surface area contributed by atoms with Crippen LogP contribution in [-0.4, -0.2) is 6.61 Å². The summed E-state index contributed by atoms with van der Waals surface area (Å²) in [6, 6.07) is 7.85. The van der Waals surface area contributed by atoms with Crippen LogP contribution in [-0.2, 0) is 6.54 Å². The molecule has 0 aliphatic heterocycles. The summed E-state index contributed by atoms with van der Waals surface area (Å²) < 4.78 is 5.58. The van der Waals surface area contributed by atoms with Gasteiger partial charge in [-0.25, -0.2) is 0 Å². The molecule has 0 saturated heterocycles. The van der Waals surface area contributed by atoms with Gasteiger partial charge in [0.05, 0.1) is 0 Å². The fourth-order valence-electron chi connectivity index (χ4n) is 1.11. The number of allylic oxidation sites excluding steroid dienone is 1. The number of para-hydroxylation sites is 1. The van der Waals surface area contributed by atoms with Gasteiger partial charge in [0.2, 0.25) is 0 Å². The average molecular weight is 191 g/mol. The van der Waals surface area contributed by atoms with E-state index >= 15 is 0 Å². The van der Waals surface area contributed by atoms with Crippen LogP contribution in [0.1, 0.15) is 19.4 Å². The van der Waals surface area contributed by atoms with Gasteiger partial charge in [-0.15, -0.1) is 0 Å². The molecule has 76 valence electrons.